The fourth-order valence-electron chi connectivity index (χ4n) is 2.18. The minimum atomic E-state index is 0.141. The molecule has 0 unspecified atom stereocenters. The largest absolute Gasteiger partial charge is 0.349 e. The molecule has 1 aromatic carbocycles. The van der Waals surface area contributed by atoms with Crippen LogP contribution in [0.2, 0.25) is 0 Å². The highest BCUT2D eigenvalue weighted by Crippen LogP contribution is 2.17. The predicted molar refractivity (Wildman–Crippen MR) is 89.3 cm³/mol. The summed E-state index contributed by atoms with van der Waals surface area (Å²) in [4.78, 5) is 17.7. The van der Waals surface area contributed by atoms with E-state index in [-0.39, 0.29) is 11.9 Å². The van der Waals surface area contributed by atoms with E-state index in [4.69, 9.17) is 0 Å². The number of nitrogens with zero attached hydrogens (tertiary/aromatic N) is 2. The molecule has 0 aliphatic rings. The molecule has 1 aromatic heterocycles. The number of amides is 1. The maximum atomic E-state index is 11.7. The molecule has 0 aliphatic heterocycles. The highest BCUT2D eigenvalue weighted by Gasteiger charge is 2.10. The Bertz CT molecular complexity index is 611. The van der Waals surface area contributed by atoms with Crippen molar-refractivity contribution in [3.8, 4) is 11.3 Å². The lowest BCUT2D eigenvalue weighted by Crippen LogP contribution is -2.32. The molecule has 4 nitrogen and oxygen atoms in total. The first kappa shape index (κ1) is 16.2. The molecule has 0 radical (unpaired) electrons. The highest BCUT2D eigenvalue weighted by atomic mass is 16.2. The van der Waals surface area contributed by atoms with E-state index in [1.807, 2.05) is 31.2 Å². The second kappa shape index (κ2) is 7.71. The second-order valence-electron chi connectivity index (χ2n) is 5.69. The monoisotopic (exact) mass is 297 g/mol. The molecule has 4 heteroatoms. The zero-order chi connectivity index (χ0) is 15.9. The van der Waals surface area contributed by atoms with E-state index < -0.39 is 0 Å². The maximum Gasteiger partial charge on any atom is 0.223 e. The third-order valence-electron chi connectivity index (χ3n) is 3.52. The maximum absolute atomic E-state index is 11.7. The van der Waals surface area contributed by atoms with Gasteiger partial charge in [-0.1, -0.05) is 24.3 Å². The molecule has 0 saturated heterocycles. The standard InChI is InChI=1S/C18H23N3O/c1-14(11-18(22)21(2)3)20-13-15-7-6-8-16(12-15)17-9-4-5-10-19-17/h4-10,12,14,20H,11,13H2,1-3H3/t14-/m0/s1. The first-order valence-electron chi connectivity index (χ1n) is 7.50. The smallest absolute Gasteiger partial charge is 0.223 e. The van der Waals surface area contributed by atoms with Gasteiger partial charge in [-0.3, -0.25) is 9.78 Å². The Balaban J connectivity index is 1.95. The van der Waals surface area contributed by atoms with Crippen LogP contribution in [0.25, 0.3) is 11.3 Å². The summed E-state index contributed by atoms with van der Waals surface area (Å²) >= 11 is 0. The van der Waals surface area contributed by atoms with Crippen molar-refractivity contribution < 1.29 is 4.79 Å². The number of hydrogen-bond acceptors (Lipinski definition) is 3. The number of pyridine rings is 1. The Labute approximate surface area is 132 Å². The normalized spacial score (nSPS) is 12.0. The first-order chi connectivity index (χ1) is 10.6. The van der Waals surface area contributed by atoms with E-state index in [1.54, 1.807) is 25.2 Å². The predicted octanol–water partition coefficient (Wildman–Crippen LogP) is 2.71. The van der Waals surface area contributed by atoms with Crippen LogP contribution in [0.4, 0.5) is 0 Å². The van der Waals surface area contributed by atoms with Crippen LogP contribution >= 0.6 is 0 Å². The minimum absolute atomic E-state index is 0.141. The number of aromatic nitrogens is 1. The van der Waals surface area contributed by atoms with Crippen molar-refractivity contribution >= 4 is 5.91 Å². The topological polar surface area (TPSA) is 45.2 Å². The number of carbonyl (C=O) groups is 1. The van der Waals surface area contributed by atoms with E-state index >= 15 is 0 Å². The molecule has 0 spiro atoms. The van der Waals surface area contributed by atoms with Crippen molar-refractivity contribution in [3.05, 3.63) is 54.2 Å². The van der Waals surface area contributed by atoms with Crippen molar-refractivity contribution in [1.29, 1.82) is 0 Å². The third-order valence-corrected chi connectivity index (χ3v) is 3.52. The van der Waals surface area contributed by atoms with Crippen molar-refractivity contribution in [1.82, 2.24) is 15.2 Å². The molecule has 0 saturated carbocycles. The zero-order valence-electron chi connectivity index (χ0n) is 13.4. The van der Waals surface area contributed by atoms with Gasteiger partial charge in [-0.05, 0) is 30.7 Å². The number of rotatable bonds is 6. The fourth-order valence-corrected chi connectivity index (χ4v) is 2.18. The summed E-state index contributed by atoms with van der Waals surface area (Å²) in [6, 6.07) is 14.4. The van der Waals surface area contributed by atoms with Gasteiger partial charge in [-0.25, -0.2) is 0 Å². The average Bonchev–Trinajstić information content (AvgIpc) is 2.54. The Morgan fingerprint density at radius 3 is 2.73 bits per heavy atom. The second-order valence-corrected chi connectivity index (χ2v) is 5.69. The molecular weight excluding hydrogens is 274 g/mol. The molecule has 0 aliphatic carbocycles. The Morgan fingerprint density at radius 1 is 1.23 bits per heavy atom. The van der Waals surface area contributed by atoms with Gasteiger partial charge in [0, 0.05) is 44.9 Å². The molecule has 1 amide bonds. The van der Waals surface area contributed by atoms with E-state index in [1.165, 1.54) is 5.56 Å². The van der Waals surface area contributed by atoms with Crippen molar-refractivity contribution in [3.63, 3.8) is 0 Å². The van der Waals surface area contributed by atoms with Gasteiger partial charge < -0.3 is 10.2 Å². The van der Waals surface area contributed by atoms with Gasteiger partial charge in [0.05, 0.1) is 5.69 Å². The molecule has 22 heavy (non-hydrogen) atoms. The summed E-state index contributed by atoms with van der Waals surface area (Å²) < 4.78 is 0. The van der Waals surface area contributed by atoms with Crippen LogP contribution in [0.1, 0.15) is 18.9 Å². The van der Waals surface area contributed by atoms with Gasteiger partial charge in [-0.15, -0.1) is 0 Å². The first-order valence-corrected chi connectivity index (χ1v) is 7.50. The molecule has 1 N–H and O–H groups in total. The summed E-state index contributed by atoms with van der Waals surface area (Å²) in [5.74, 6) is 0.141. The third kappa shape index (κ3) is 4.67. The van der Waals surface area contributed by atoms with E-state index in [0.717, 1.165) is 17.8 Å². The Kier molecular flexibility index (Phi) is 5.67. The van der Waals surface area contributed by atoms with Crippen LogP contribution in [0, 0.1) is 0 Å². The van der Waals surface area contributed by atoms with Crippen LogP contribution in [0.15, 0.2) is 48.7 Å². The number of hydrogen-bond donors (Lipinski definition) is 1. The van der Waals surface area contributed by atoms with Crippen LogP contribution in [-0.2, 0) is 11.3 Å². The quantitative estimate of drug-likeness (QED) is 0.891. The molecule has 0 bridgehead atoms. The van der Waals surface area contributed by atoms with E-state index in [2.05, 4.69) is 28.5 Å². The molecule has 1 atom stereocenters. The lowest BCUT2D eigenvalue weighted by atomic mass is 10.1. The minimum Gasteiger partial charge on any atom is -0.349 e. The average molecular weight is 297 g/mol. The van der Waals surface area contributed by atoms with Crippen molar-refractivity contribution in [2.24, 2.45) is 0 Å². The van der Waals surface area contributed by atoms with Crippen LogP contribution < -0.4 is 5.32 Å². The molecule has 2 aromatic rings. The molecule has 0 fully saturated rings. The summed E-state index contributed by atoms with van der Waals surface area (Å²) in [5, 5.41) is 3.40. The number of nitrogens with one attached hydrogen (secondary N) is 1. The van der Waals surface area contributed by atoms with Gasteiger partial charge in [0.1, 0.15) is 0 Å². The van der Waals surface area contributed by atoms with Gasteiger partial charge >= 0.3 is 0 Å². The van der Waals surface area contributed by atoms with Gasteiger partial charge in [0.15, 0.2) is 0 Å². The van der Waals surface area contributed by atoms with Crippen LogP contribution in [-0.4, -0.2) is 35.9 Å². The van der Waals surface area contributed by atoms with Gasteiger partial charge in [-0.2, -0.15) is 0 Å². The Hall–Kier alpha value is -2.20. The number of carbonyl (C=O) groups excluding carboxylic acids is 1. The van der Waals surface area contributed by atoms with Crippen LogP contribution in [0.5, 0.6) is 0 Å². The zero-order valence-corrected chi connectivity index (χ0v) is 13.4. The molecule has 2 rings (SSSR count). The van der Waals surface area contributed by atoms with E-state index in [9.17, 15) is 4.79 Å². The van der Waals surface area contributed by atoms with Crippen molar-refractivity contribution in [2.75, 3.05) is 14.1 Å². The highest BCUT2D eigenvalue weighted by molar-refractivity contribution is 5.76. The SMILES string of the molecule is C[C@@H](CC(=O)N(C)C)NCc1cccc(-c2ccccn2)c1. The van der Waals surface area contributed by atoms with E-state index in [0.29, 0.717) is 6.42 Å². The number of benzene rings is 1. The molecule has 1 heterocycles. The molecular formula is C18H23N3O. The lowest BCUT2D eigenvalue weighted by molar-refractivity contribution is -0.129. The summed E-state index contributed by atoms with van der Waals surface area (Å²) in [5.41, 5.74) is 3.27. The lowest BCUT2D eigenvalue weighted by Gasteiger charge is -2.16. The van der Waals surface area contributed by atoms with Gasteiger partial charge in [0.25, 0.3) is 0 Å². The Morgan fingerprint density at radius 2 is 2.05 bits per heavy atom. The van der Waals surface area contributed by atoms with Gasteiger partial charge in [0.2, 0.25) is 5.91 Å². The van der Waals surface area contributed by atoms with Crippen LogP contribution in [0.3, 0.4) is 0 Å². The molecule has 116 valence electrons. The van der Waals surface area contributed by atoms with Crippen molar-refractivity contribution in [2.45, 2.75) is 25.9 Å². The summed E-state index contributed by atoms with van der Waals surface area (Å²) in [6.45, 7) is 2.77. The summed E-state index contributed by atoms with van der Waals surface area (Å²) in [7, 11) is 3.57. The summed E-state index contributed by atoms with van der Waals surface area (Å²) in [6.07, 6.45) is 2.31. The fraction of sp³-hybridized carbons (Fsp3) is 0.333.